The number of ether oxygens (including phenoxy) is 2. The van der Waals surface area contributed by atoms with Gasteiger partial charge < -0.3 is 29.9 Å². The van der Waals surface area contributed by atoms with Crippen LogP contribution in [0.25, 0.3) is 16.8 Å². The minimum absolute atomic E-state index is 0.178. The second-order valence-corrected chi connectivity index (χ2v) is 7.49. The predicted octanol–water partition coefficient (Wildman–Crippen LogP) is 1.31. The third-order valence-corrected chi connectivity index (χ3v) is 5.35. The van der Waals surface area contributed by atoms with Crippen LogP contribution in [0, 0.1) is 0 Å². The van der Waals surface area contributed by atoms with Gasteiger partial charge in [-0.15, -0.1) is 0 Å². The zero-order valence-corrected chi connectivity index (χ0v) is 17.0. The van der Waals surface area contributed by atoms with Gasteiger partial charge in [-0.25, -0.2) is 0 Å². The molecule has 8 heteroatoms. The molecule has 0 spiro atoms. The minimum Gasteiger partial charge on any atom is -0.490 e. The molecule has 0 bridgehead atoms. The summed E-state index contributed by atoms with van der Waals surface area (Å²) < 4.78 is 11.0. The molecule has 0 aliphatic carbocycles. The number of ketones is 1. The second-order valence-electron chi connectivity index (χ2n) is 7.49. The van der Waals surface area contributed by atoms with Crippen LogP contribution in [0.2, 0.25) is 0 Å². The summed E-state index contributed by atoms with van der Waals surface area (Å²) >= 11 is 0. The highest BCUT2D eigenvalue weighted by Crippen LogP contribution is 2.30. The van der Waals surface area contributed by atoms with E-state index in [1.165, 1.54) is 6.08 Å². The number of carbonyl (C=O) groups is 1. The number of allylic oxidation sites excluding steroid dienone is 1. The number of hydrogen-bond acceptors (Lipinski definition) is 8. The van der Waals surface area contributed by atoms with Crippen molar-refractivity contribution >= 4 is 22.6 Å². The van der Waals surface area contributed by atoms with Gasteiger partial charge in [-0.3, -0.25) is 9.78 Å². The summed E-state index contributed by atoms with van der Waals surface area (Å²) in [6, 6.07) is 14.2. The summed E-state index contributed by atoms with van der Waals surface area (Å²) in [5.41, 5.74) is 1.31. The maximum Gasteiger partial charge on any atom is 0.186 e. The van der Waals surface area contributed by atoms with Gasteiger partial charge in [-0.1, -0.05) is 30.3 Å². The number of benzene rings is 2. The van der Waals surface area contributed by atoms with Crippen molar-refractivity contribution in [3.05, 3.63) is 78.1 Å². The molecule has 1 saturated heterocycles. The number of fused-ring (bicyclic) bond motifs is 1. The van der Waals surface area contributed by atoms with Crippen LogP contribution in [0.15, 0.2) is 67.0 Å². The summed E-state index contributed by atoms with van der Waals surface area (Å²) in [5.74, 6) is 0.266. The topological polar surface area (TPSA) is 129 Å². The number of aliphatic hydroxyl groups excluding tert-OH is 4. The van der Waals surface area contributed by atoms with Crippen molar-refractivity contribution in [3.63, 3.8) is 0 Å². The van der Waals surface area contributed by atoms with Crippen LogP contribution >= 0.6 is 0 Å². The number of aliphatic hydroxyl groups is 4. The Bertz CT molecular complexity index is 1120. The number of pyridine rings is 1. The van der Waals surface area contributed by atoms with Gasteiger partial charge in [-0.05, 0) is 41.3 Å². The molecule has 4 rings (SSSR count). The Labute approximate surface area is 184 Å². The lowest BCUT2D eigenvalue weighted by Gasteiger charge is -2.38. The molecule has 2 aromatic carbocycles. The molecule has 8 nitrogen and oxygen atoms in total. The van der Waals surface area contributed by atoms with Gasteiger partial charge in [0.05, 0.1) is 0 Å². The molecule has 1 aliphatic heterocycles. The Kier molecular flexibility index (Phi) is 6.59. The Morgan fingerprint density at radius 3 is 2.50 bits per heavy atom. The van der Waals surface area contributed by atoms with Crippen molar-refractivity contribution in [1.82, 2.24) is 4.98 Å². The molecular formula is C24H23NO7. The zero-order valence-electron chi connectivity index (χ0n) is 17.0. The van der Waals surface area contributed by atoms with Gasteiger partial charge in [0.15, 0.2) is 12.1 Å². The molecule has 1 aliphatic rings. The maximum atomic E-state index is 12.8. The Morgan fingerprint density at radius 2 is 1.75 bits per heavy atom. The first-order valence-corrected chi connectivity index (χ1v) is 10.1. The van der Waals surface area contributed by atoms with Crippen LogP contribution in [0.4, 0.5) is 0 Å². The van der Waals surface area contributed by atoms with Crippen LogP contribution in [0.3, 0.4) is 0 Å². The first-order chi connectivity index (χ1) is 15.5. The summed E-state index contributed by atoms with van der Waals surface area (Å²) in [5, 5.41) is 40.6. The van der Waals surface area contributed by atoms with Crippen molar-refractivity contribution in [3.8, 4) is 5.75 Å². The molecule has 5 atom stereocenters. The molecular weight excluding hydrogens is 414 g/mol. The SMILES string of the molecule is O=C(/C=C/c1cccnc1)c1ccc(OCC2OC(O)C(O)C(O)C2O)c2ccccc12. The second kappa shape index (κ2) is 9.56. The fourth-order valence-corrected chi connectivity index (χ4v) is 3.59. The predicted molar refractivity (Wildman–Crippen MR) is 116 cm³/mol. The molecule has 0 amide bonds. The highest BCUT2D eigenvalue weighted by atomic mass is 16.6. The van der Waals surface area contributed by atoms with Crippen molar-refractivity contribution in [2.45, 2.75) is 30.7 Å². The Hall–Kier alpha value is -3.14. The highest BCUT2D eigenvalue weighted by Gasteiger charge is 2.43. The van der Waals surface area contributed by atoms with Crippen LogP contribution in [-0.4, -0.2) is 68.5 Å². The van der Waals surface area contributed by atoms with Crippen LogP contribution in [0.5, 0.6) is 5.75 Å². The smallest absolute Gasteiger partial charge is 0.186 e. The number of rotatable bonds is 6. The molecule has 32 heavy (non-hydrogen) atoms. The third-order valence-electron chi connectivity index (χ3n) is 5.35. The zero-order chi connectivity index (χ0) is 22.7. The average Bonchev–Trinajstić information content (AvgIpc) is 2.83. The van der Waals surface area contributed by atoms with E-state index < -0.39 is 30.7 Å². The summed E-state index contributed by atoms with van der Waals surface area (Å²) in [6.07, 6.45) is -0.780. The Balaban J connectivity index is 1.55. The molecule has 0 radical (unpaired) electrons. The van der Waals surface area contributed by atoms with E-state index in [2.05, 4.69) is 4.98 Å². The quantitative estimate of drug-likeness (QED) is 0.336. The van der Waals surface area contributed by atoms with Gasteiger partial charge in [0.25, 0.3) is 0 Å². The van der Waals surface area contributed by atoms with E-state index in [1.54, 1.807) is 42.7 Å². The maximum absolute atomic E-state index is 12.8. The number of carbonyl (C=O) groups excluding carboxylic acids is 1. The van der Waals surface area contributed by atoms with E-state index in [0.717, 1.165) is 5.56 Å². The van der Waals surface area contributed by atoms with E-state index in [4.69, 9.17) is 9.47 Å². The number of aromatic nitrogens is 1. The van der Waals surface area contributed by atoms with E-state index in [0.29, 0.717) is 22.1 Å². The molecule has 1 aromatic heterocycles. The molecule has 5 unspecified atom stereocenters. The molecule has 0 saturated carbocycles. The van der Waals surface area contributed by atoms with Gasteiger partial charge in [-0.2, -0.15) is 0 Å². The van der Waals surface area contributed by atoms with Crippen molar-refractivity contribution < 1.29 is 34.7 Å². The van der Waals surface area contributed by atoms with Crippen molar-refractivity contribution in [2.24, 2.45) is 0 Å². The number of nitrogens with zero attached hydrogens (tertiary/aromatic N) is 1. The number of hydrogen-bond donors (Lipinski definition) is 4. The normalized spacial score (nSPS) is 25.8. The molecule has 166 valence electrons. The lowest BCUT2D eigenvalue weighted by atomic mass is 9.99. The molecule has 1 fully saturated rings. The first kappa shape index (κ1) is 22.1. The molecule has 3 aromatic rings. The monoisotopic (exact) mass is 437 g/mol. The van der Waals surface area contributed by atoms with Crippen LogP contribution in [-0.2, 0) is 4.74 Å². The van der Waals surface area contributed by atoms with E-state index >= 15 is 0 Å². The lowest BCUT2D eigenvalue weighted by molar-refractivity contribution is -0.285. The fourth-order valence-electron chi connectivity index (χ4n) is 3.59. The largest absolute Gasteiger partial charge is 0.490 e. The first-order valence-electron chi connectivity index (χ1n) is 10.1. The Morgan fingerprint density at radius 1 is 0.969 bits per heavy atom. The van der Waals surface area contributed by atoms with E-state index in [1.807, 2.05) is 24.3 Å². The minimum atomic E-state index is -1.63. The van der Waals surface area contributed by atoms with Gasteiger partial charge >= 0.3 is 0 Å². The summed E-state index contributed by atoms with van der Waals surface area (Å²) in [7, 11) is 0. The van der Waals surface area contributed by atoms with E-state index in [-0.39, 0.29) is 12.4 Å². The van der Waals surface area contributed by atoms with E-state index in [9.17, 15) is 25.2 Å². The summed E-state index contributed by atoms with van der Waals surface area (Å²) in [4.78, 5) is 16.8. The van der Waals surface area contributed by atoms with Gasteiger partial charge in [0, 0.05) is 23.3 Å². The highest BCUT2D eigenvalue weighted by molar-refractivity contribution is 6.15. The third kappa shape index (κ3) is 4.55. The fraction of sp³-hybridized carbons (Fsp3) is 0.250. The van der Waals surface area contributed by atoms with Gasteiger partial charge in [0.2, 0.25) is 0 Å². The van der Waals surface area contributed by atoms with Gasteiger partial charge in [0.1, 0.15) is 36.8 Å². The van der Waals surface area contributed by atoms with Crippen molar-refractivity contribution in [1.29, 1.82) is 0 Å². The van der Waals surface area contributed by atoms with Crippen molar-refractivity contribution in [2.75, 3.05) is 6.61 Å². The van der Waals surface area contributed by atoms with Crippen LogP contribution in [0.1, 0.15) is 15.9 Å². The standard InChI is InChI=1S/C24H23NO7/c26-18(9-7-14-4-3-11-25-12-14)16-8-10-19(17-6-2-1-5-15(16)17)31-13-20-21(27)22(28)23(29)24(30)32-20/h1-12,20-24,27-30H,13H2/b9-7+. The molecule has 4 N–H and O–H groups in total. The lowest BCUT2D eigenvalue weighted by Crippen LogP contribution is -2.58. The van der Waals surface area contributed by atoms with Crippen LogP contribution < -0.4 is 4.74 Å². The molecule has 2 heterocycles. The average molecular weight is 437 g/mol. The summed E-state index contributed by atoms with van der Waals surface area (Å²) in [6.45, 7) is -0.180.